The SMILES string of the molecule is COc1ccc(OC)c(N(CCC(=O)O)S(=O)(=O)c2ccc(Br)cc2)c1. The predicted octanol–water partition coefficient (Wildman–Crippen LogP) is 3.14. The first-order valence-electron chi connectivity index (χ1n) is 7.51. The zero-order valence-corrected chi connectivity index (χ0v) is 16.6. The number of hydrogen-bond acceptors (Lipinski definition) is 5. The molecule has 1 N–H and O–H groups in total. The van der Waals surface area contributed by atoms with E-state index in [1.165, 1.54) is 32.4 Å². The normalized spacial score (nSPS) is 11.0. The van der Waals surface area contributed by atoms with Crippen molar-refractivity contribution in [1.29, 1.82) is 0 Å². The van der Waals surface area contributed by atoms with Crippen molar-refractivity contribution in [2.75, 3.05) is 25.1 Å². The van der Waals surface area contributed by atoms with Gasteiger partial charge in [-0.25, -0.2) is 8.42 Å². The van der Waals surface area contributed by atoms with E-state index in [1.807, 2.05) is 0 Å². The fourth-order valence-corrected chi connectivity index (χ4v) is 4.02. The summed E-state index contributed by atoms with van der Waals surface area (Å²) in [4.78, 5) is 11.1. The Morgan fingerprint density at radius 3 is 2.31 bits per heavy atom. The van der Waals surface area contributed by atoms with Crippen molar-refractivity contribution in [2.45, 2.75) is 11.3 Å². The van der Waals surface area contributed by atoms with E-state index in [9.17, 15) is 13.2 Å². The molecular formula is C17H18BrNO6S. The van der Waals surface area contributed by atoms with Crippen molar-refractivity contribution in [1.82, 2.24) is 0 Å². The second-order valence-electron chi connectivity index (χ2n) is 5.21. The third-order valence-corrected chi connectivity index (χ3v) is 5.94. The van der Waals surface area contributed by atoms with Gasteiger partial charge in [-0.15, -0.1) is 0 Å². The van der Waals surface area contributed by atoms with Gasteiger partial charge in [0.05, 0.1) is 31.2 Å². The van der Waals surface area contributed by atoms with Gasteiger partial charge in [0.25, 0.3) is 10.0 Å². The molecule has 2 rings (SSSR count). The lowest BCUT2D eigenvalue weighted by molar-refractivity contribution is -0.136. The predicted molar refractivity (Wildman–Crippen MR) is 100 cm³/mol. The Hall–Kier alpha value is -2.26. The molecule has 2 aromatic rings. The summed E-state index contributed by atoms with van der Waals surface area (Å²) in [5, 5.41) is 9.03. The number of aliphatic carboxylic acids is 1. The first kappa shape index (κ1) is 20.1. The highest BCUT2D eigenvalue weighted by Crippen LogP contribution is 2.36. The Bertz CT molecular complexity index is 883. The van der Waals surface area contributed by atoms with Crippen molar-refractivity contribution >= 4 is 37.6 Å². The van der Waals surface area contributed by atoms with Crippen molar-refractivity contribution < 1.29 is 27.8 Å². The standard InChI is InChI=1S/C17H18BrNO6S/c1-24-13-5-8-16(25-2)15(11-13)19(10-9-17(20)21)26(22,23)14-6-3-12(18)4-7-14/h3-8,11H,9-10H2,1-2H3,(H,20,21). The number of ether oxygens (including phenoxy) is 2. The van der Waals surface area contributed by atoms with E-state index in [0.717, 1.165) is 8.78 Å². The third-order valence-electron chi connectivity index (χ3n) is 3.59. The summed E-state index contributed by atoms with van der Waals surface area (Å²) < 4.78 is 38.5. The molecule has 0 atom stereocenters. The number of hydrogen-bond donors (Lipinski definition) is 1. The number of sulfonamides is 1. The van der Waals surface area contributed by atoms with Crippen LogP contribution in [0, 0.1) is 0 Å². The van der Waals surface area contributed by atoms with Gasteiger partial charge in [0.15, 0.2) is 0 Å². The van der Waals surface area contributed by atoms with Crippen LogP contribution in [-0.2, 0) is 14.8 Å². The van der Waals surface area contributed by atoms with Crippen LogP contribution in [-0.4, -0.2) is 40.3 Å². The minimum absolute atomic E-state index is 0.0379. The maximum Gasteiger partial charge on any atom is 0.305 e. The zero-order chi connectivity index (χ0) is 19.3. The molecular weight excluding hydrogens is 426 g/mol. The summed E-state index contributed by atoms with van der Waals surface area (Å²) in [6.45, 7) is -0.253. The van der Waals surface area contributed by atoms with E-state index in [1.54, 1.807) is 24.3 Å². The van der Waals surface area contributed by atoms with Gasteiger partial charge in [-0.3, -0.25) is 9.10 Å². The average Bonchev–Trinajstić information content (AvgIpc) is 2.61. The number of benzene rings is 2. The number of rotatable bonds is 8. The van der Waals surface area contributed by atoms with E-state index in [2.05, 4.69) is 15.9 Å². The van der Waals surface area contributed by atoms with Gasteiger partial charge in [-0.1, -0.05) is 15.9 Å². The molecule has 9 heteroatoms. The summed E-state index contributed by atoms with van der Waals surface area (Å²) in [6.07, 6.45) is -0.365. The highest BCUT2D eigenvalue weighted by Gasteiger charge is 2.28. The largest absolute Gasteiger partial charge is 0.497 e. The molecule has 2 aromatic carbocycles. The molecule has 7 nitrogen and oxygen atoms in total. The number of methoxy groups -OCH3 is 2. The molecule has 140 valence electrons. The van der Waals surface area contributed by atoms with Crippen molar-refractivity contribution in [2.24, 2.45) is 0 Å². The molecule has 0 fully saturated rings. The maximum absolute atomic E-state index is 13.1. The van der Waals surface area contributed by atoms with Gasteiger partial charge in [-0.2, -0.15) is 0 Å². The van der Waals surface area contributed by atoms with Crippen LogP contribution in [0.25, 0.3) is 0 Å². The van der Waals surface area contributed by atoms with Gasteiger partial charge in [0, 0.05) is 17.1 Å². The topological polar surface area (TPSA) is 93.1 Å². The second-order valence-corrected chi connectivity index (χ2v) is 7.99. The first-order chi connectivity index (χ1) is 12.3. The molecule has 26 heavy (non-hydrogen) atoms. The van der Waals surface area contributed by atoms with Gasteiger partial charge in [0.2, 0.25) is 0 Å². The molecule has 0 saturated carbocycles. The highest BCUT2D eigenvalue weighted by atomic mass is 79.9. The number of halogens is 1. The quantitative estimate of drug-likeness (QED) is 0.673. The number of carboxylic acids is 1. The van der Waals surface area contributed by atoms with Gasteiger partial charge in [-0.05, 0) is 36.4 Å². The molecule has 0 radical (unpaired) electrons. The molecule has 0 bridgehead atoms. The van der Waals surface area contributed by atoms with Crippen LogP contribution in [0.5, 0.6) is 11.5 Å². The number of carboxylic acid groups (broad SMARTS) is 1. The maximum atomic E-state index is 13.1. The Balaban J connectivity index is 2.59. The Morgan fingerprint density at radius 1 is 1.12 bits per heavy atom. The van der Waals surface area contributed by atoms with Gasteiger partial charge >= 0.3 is 5.97 Å². The highest BCUT2D eigenvalue weighted by molar-refractivity contribution is 9.10. The van der Waals surface area contributed by atoms with E-state index in [4.69, 9.17) is 14.6 Å². The van der Waals surface area contributed by atoms with Crippen LogP contribution >= 0.6 is 15.9 Å². The van der Waals surface area contributed by atoms with Crippen LogP contribution in [0.3, 0.4) is 0 Å². The molecule has 0 aromatic heterocycles. The van der Waals surface area contributed by atoms with Crippen LogP contribution in [0.4, 0.5) is 5.69 Å². The molecule has 0 saturated heterocycles. The minimum atomic E-state index is -4.01. The van der Waals surface area contributed by atoms with Crippen LogP contribution in [0.1, 0.15) is 6.42 Å². The summed E-state index contributed by atoms with van der Waals surface area (Å²) in [7, 11) is -1.15. The monoisotopic (exact) mass is 443 g/mol. The number of anilines is 1. The third kappa shape index (κ3) is 4.47. The molecule has 0 aliphatic rings. The fraction of sp³-hybridized carbons (Fsp3) is 0.235. The van der Waals surface area contributed by atoms with Gasteiger partial charge < -0.3 is 14.6 Å². The molecule has 0 unspecified atom stereocenters. The lowest BCUT2D eigenvalue weighted by atomic mass is 10.2. The fourth-order valence-electron chi connectivity index (χ4n) is 2.29. The second kappa shape index (κ2) is 8.41. The van der Waals surface area contributed by atoms with Crippen molar-refractivity contribution in [3.63, 3.8) is 0 Å². The number of nitrogens with zero attached hydrogens (tertiary/aromatic N) is 1. The summed E-state index contributed by atoms with van der Waals surface area (Å²) in [5.74, 6) is -0.396. The Kier molecular flexibility index (Phi) is 6.49. The lowest BCUT2D eigenvalue weighted by Gasteiger charge is -2.26. The molecule has 0 aliphatic carbocycles. The van der Waals surface area contributed by atoms with Crippen LogP contribution in [0.2, 0.25) is 0 Å². The van der Waals surface area contributed by atoms with Crippen molar-refractivity contribution in [3.05, 3.63) is 46.9 Å². The van der Waals surface area contributed by atoms with E-state index >= 15 is 0 Å². The number of carbonyl (C=O) groups is 1. The van der Waals surface area contributed by atoms with E-state index in [-0.39, 0.29) is 29.3 Å². The summed E-state index contributed by atoms with van der Waals surface area (Å²) in [5.41, 5.74) is 0.205. The molecule has 0 spiro atoms. The smallest absolute Gasteiger partial charge is 0.305 e. The Morgan fingerprint density at radius 2 is 1.77 bits per heavy atom. The lowest BCUT2D eigenvalue weighted by Crippen LogP contribution is -2.33. The Labute approximate surface area is 160 Å². The van der Waals surface area contributed by atoms with Gasteiger partial charge in [0.1, 0.15) is 11.5 Å². The molecule has 0 aliphatic heterocycles. The zero-order valence-electron chi connectivity index (χ0n) is 14.2. The summed E-state index contributed by atoms with van der Waals surface area (Å²) >= 11 is 3.26. The van der Waals surface area contributed by atoms with Crippen molar-refractivity contribution in [3.8, 4) is 11.5 Å². The average molecular weight is 444 g/mol. The summed E-state index contributed by atoms with van der Waals surface area (Å²) in [6, 6.07) is 10.8. The van der Waals surface area contributed by atoms with E-state index in [0.29, 0.717) is 5.75 Å². The van der Waals surface area contributed by atoms with Crippen LogP contribution < -0.4 is 13.8 Å². The van der Waals surface area contributed by atoms with Crippen LogP contribution in [0.15, 0.2) is 51.8 Å². The molecule has 0 heterocycles. The minimum Gasteiger partial charge on any atom is -0.497 e. The first-order valence-corrected chi connectivity index (χ1v) is 9.75. The van der Waals surface area contributed by atoms with E-state index < -0.39 is 16.0 Å². The molecule has 0 amide bonds.